The van der Waals surface area contributed by atoms with E-state index in [0.29, 0.717) is 31.5 Å². The van der Waals surface area contributed by atoms with Crippen LogP contribution in [0.4, 0.5) is 4.39 Å². The molecule has 1 amide bonds. The summed E-state index contributed by atoms with van der Waals surface area (Å²) in [4.78, 5) is 26.1. The fraction of sp³-hybridized carbons (Fsp3) is 0.263. The van der Waals surface area contributed by atoms with Crippen LogP contribution in [0.1, 0.15) is 28.0 Å². The molecule has 0 radical (unpaired) electrons. The second-order valence-electron chi connectivity index (χ2n) is 6.44. The third-order valence-corrected chi connectivity index (χ3v) is 4.80. The second-order valence-corrected chi connectivity index (χ2v) is 6.44. The third-order valence-electron chi connectivity index (χ3n) is 4.80. The lowest BCUT2D eigenvalue weighted by atomic mass is 10.0. The Bertz CT molecular complexity index is 967. The molecule has 0 unspecified atom stereocenters. The van der Waals surface area contributed by atoms with Gasteiger partial charge >= 0.3 is 0 Å². The minimum absolute atomic E-state index is 0.0608. The zero-order valence-corrected chi connectivity index (χ0v) is 14.1. The minimum atomic E-state index is -0.599. The average molecular weight is 355 g/mol. The van der Waals surface area contributed by atoms with Gasteiger partial charge in [-0.2, -0.15) is 0 Å². The molecule has 134 valence electrons. The zero-order valence-electron chi connectivity index (χ0n) is 14.1. The first kappa shape index (κ1) is 16.4. The lowest BCUT2D eigenvalue weighted by molar-refractivity contribution is 0.0706. The van der Waals surface area contributed by atoms with Crippen LogP contribution in [0.5, 0.6) is 5.75 Å². The summed E-state index contributed by atoms with van der Waals surface area (Å²) in [6, 6.07) is 6.20. The molecule has 2 bridgehead atoms. The topological polar surface area (TPSA) is 65.8 Å². The van der Waals surface area contributed by atoms with E-state index >= 15 is 0 Å². The van der Waals surface area contributed by atoms with Crippen LogP contribution in [0.25, 0.3) is 0 Å². The molecule has 6 nitrogen and oxygen atoms in total. The number of halogens is 1. The normalized spacial score (nSPS) is 18.0. The van der Waals surface area contributed by atoms with Crippen molar-refractivity contribution in [3.8, 4) is 5.75 Å². The molecule has 1 aromatic heterocycles. The van der Waals surface area contributed by atoms with Crippen molar-refractivity contribution in [1.29, 1.82) is 0 Å². The highest BCUT2D eigenvalue weighted by Crippen LogP contribution is 2.24. The van der Waals surface area contributed by atoms with Gasteiger partial charge in [0.1, 0.15) is 12.5 Å². The number of amides is 1. The number of aromatic nitrogens is 1. The van der Waals surface area contributed by atoms with E-state index in [9.17, 15) is 19.1 Å². The predicted octanol–water partition coefficient (Wildman–Crippen LogP) is 1.75. The van der Waals surface area contributed by atoms with Gasteiger partial charge in [-0.3, -0.25) is 19.3 Å². The lowest BCUT2D eigenvalue weighted by Gasteiger charge is -2.39. The molecule has 2 aromatic rings. The molecule has 7 heteroatoms. The molecule has 1 aromatic carbocycles. The summed E-state index contributed by atoms with van der Waals surface area (Å²) in [5.74, 6) is -1.21. The van der Waals surface area contributed by atoms with Crippen LogP contribution in [-0.4, -0.2) is 33.8 Å². The fourth-order valence-corrected chi connectivity index (χ4v) is 3.47. The molecule has 0 saturated heterocycles. The van der Waals surface area contributed by atoms with Crippen LogP contribution in [0.15, 0.2) is 47.4 Å². The van der Waals surface area contributed by atoms with Gasteiger partial charge in [-0.1, -0.05) is 24.3 Å². The molecular weight excluding hydrogens is 337 g/mol. The number of carbonyl (C=O) groups excluding carboxylic acids is 1. The highest BCUT2D eigenvalue weighted by atomic mass is 19.1. The number of hydrogen-bond acceptors (Lipinski definition) is 4. The van der Waals surface area contributed by atoms with E-state index in [1.165, 1.54) is 23.0 Å². The van der Waals surface area contributed by atoms with Crippen molar-refractivity contribution >= 4 is 5.91 Å². The quantitative estimate of drug-likeness (QED) is 0.731. The van der Waals surface area contributed by atoms with E-state index in [2.05, 4.69) is 0 Å². The van der Waals surface area contributed by atoms with Crippen LogP contribution in [-0.2, 0) is 13.0 Å². The van der Waals surface area contributed by atoms with Gasteiger partial charge in [0, 0.05) is 18.8 Å². The van der Waals surface area contributed by atoms with E-state index in [1.54, 1.807) is 11.0 Å². The molecule has 2 aliphatic heterocycles. The molecule has 1 N–H and O–H groups in total. The van der Waals surface area contributed by atoms with Crippen molar-refractivity contribution in [2.75, 3.05) is 18.2 Å². The number of hydrogen-bond donors (Lipinski definition) is 1. The fourth-order valence-electron chi connectivity index (χ4n) is 3.47. The highest BCUT2D eigenvalue weighted by molar-refractivity contribution is 5.96. The van der Waals surface area contributed by atoms with Gasteiger partial charge in [0.2, 0.25) is 5.43 Å². The van der Waals surface area contributed by atoms with Gasteiger partial charge in [0.15, 0.2) is 11.4 Å². The lowest BCUT2D eigenvalue weighted by Crippen LogP contribution is -2.53. The van der Waals surface area contributed by atoms with Gasteiger partial charge < -0.3 is 10.0 Å². The molecule has 0 spiro atoms. The Hall–Kier alpha value is -3.09. The average Bonchev–Trinajstić information content (AvgIpc) is 2.65. The van der Waals surface area contributed by atoms with E-state index in [4.69, 9.17) is 0 Å². The van der Waals surface area contributed by atoms with Crippen molar-refractivity contribution in [2.24, 2.45) is 0 Å². The number of nitrogens with zero attached hydrogens (tertiary/aromatic N) is 3. The Morgan fingerprint density at radius 2 is 1.96 bits per heavy atom. The number of allylic oxidation sites excluding steroid dienone is 1. The SMILES string of the molecule is O=C1c2c(O)c(=O)ccn2N2Cc3cccc(F)c3CC/C=C/CN1C2. The van der Waals surface area contributed by atoms with Gasteiger partial charge in [-0.05, 0) is 30.0 Å². The molecular formula is C19H18FN3O3. The van der Waals surface area contributed by atoms with E-state index in [0.717, 1.165) is 5.56 Å². The Balaban J connectivity index is 1.87. The molecule has 26 heavy (non-hydrogen) atoms. The molecule has 3 heterocycles. The molecule has 0 aliphatic carbocycles. The van der Waals surface area contributed by atoms with Crippen LogP contribution in [0.2, 0.25) is 0 Å². The number of aromatic hydroxyl groups is 1. The number of carbonyl (C=O) groups is 1. The summed E-state index contributed by atoms with van der Waals surface area (Å²) in [5, 5.41) is 12.0. The summed E-state index contributed by atoms with van der Waals surface area (Å²) in [7, 11) is 0. The van der Waals surface area contributed by atoms with Gasteiger partial charge in [-0.25, -0.2) is 4.39 Å². The molecule has 0 fully saturated rings. The number of rotatable bonds is 0. The van der Waals surface area contributed by atoms with Crippen LogP contribution in [0.3, 0.4) is 0 Å². The zero-order chi connectivity index (χ0) is 18.3. The second kappa shape index (κ2) is 6.33. The Kier molecular flexibility index (Phi) is 3.99. The maximum Gasteiger partial charge on any atom is 0.278 e. The third kappa shape index (κ3) is 2.65. The van der Waals surface area contributed by atoms with Crippen molar-refractivity contribution < 1.29 is 14.3 Å². The first-order valence-corrected chi connectivity index (χ1v) is 8.46. The summed E-state index contributed by atoms with van der Waals surface area (Å²) >= 11 is 0. The maximum absolute atomic E-state index is 14.3. The maximum atomic E-state index is 14.3. The summed E-state index contributed by atoms with van der Waals surface area (Å²) in [6.45, 7) is 0.983. The van der Waals surface area contributed by atoms with Gasteiger partial charge in [-0.15, -0.1) is 0 Å². The van der Waals surface area contributed by atoms with Crippen molar-refractivity contribution in [1.82, 2.24) is 9.58 Å². The smallest absolute Gasteiger partial charge is 0.278 e. The Morgan fingerprint density at radius 3 is 2.81 bits per heavy atom. The first-order chi connectivity index (χ1) is 12.6. The molecule has 4 rings (SSSR count). The highest BCUT2D eigenvalue weighted by Gasteiger charge is 2.32. The van der Waals surface area contributed by atoms with Crippen molar-refractivity contribution in [3.05, 3.63) is 75.5 Å². The van der Waals surface area contributed by atoms with E-state index < -0.39 is 17.1 Å². The molecule has 2 aliphatic rings. The van der Waals surface area contributed by atoms with Crippen LogP contribution < -0.4 is 10.4 Å². The largest absolute Gasteiger partial charge is 0.502 e. The number of fused-ring (bicyclic) bond motifs is 5. The standard InChI is InChI=1S/C19H18FN3O3/c20-15-7-4-5-13-11-22-12-21(9-3-1-2-6-14(13)15)19(26)17-18(25)16(24)8-10-23(17)22/h1,3-5,7-8,10,25H,2,6,9,11-12H2/b3-1+. The summed E-state index contributed by atoms with van der Waals surface area (Å²) in [5.41, 5.74) is 0.806. The molecule has 0 atom stereocenters. The van der Waals surface area contributed by atoms with Gasteiger partial charge in [0.05, 0.1) is 6.54 Å². The molecule has 0 saturated carbocycles. The predicted molar refractivity (Wildman–Crippen MR) is 94.1 cm³/mol. The minimum Gasteiger partial charge on any atom is -0.502 e. The van der Waals surface area contributed by atoms with Crippen LogP contribution in [0, 0.1) is 5.82 Å². The monoisotopic (exact) mass is 355 g/mol. The first-order valence-electron chi connectivity index (χ1n) is 8.46. The number of benzene rings is 1. The summed E-state index contributed by atoms with van der Waals surface area (Å²) in [6.07, 6.45) is 6.50. The number of pyridine rings is 1. The van der Waals surface area contributed by atoms with E-state index in [1.807, 2.05) is 23.2 Å². The summed E-state index contributed by atoms with van der Waals surface area (Å²) < 4.78 is 15.8. The van der Waals surface area contributed by atoms with Gasteiger partial charge in [0.25, 0.3) is 5.91 Å². The Labute approximate surface area is 149 Å². The van der Waals surface area contributed by atoms with E-state index in [-0.39, 0.29) is 18.2 Å². The Morgan fingerprint density at radius 1 is 1.12 bits per heavy atom. The van der Waals surface area contributed by atoms with Crippen molar-refractivity contribution in [2.45, 2.75) is 19.4 Å². The van der Waals surface area contributed by atoms with Crippen LogP contribution >= 0.6 is 0 Å². The van der Waals surface area contributed by atoms with Crippen molar-refractivity contribution in [3.63, 3.8) is 0 Å².